The lowest BCUT2D eigenvalue weighted by Gasteiger charge is -2.06. The van der Waals surface area contributed by atoms with E-state index in [1.54, 1.807) is 18.2 Å². The smallest absolute Gasteiger partial charge is 0.337 e. The standard InChI is InChI=1S/C14H7ClFNO2S/c15-11-5-4-8(6-9(11)14(18)19)20-13-3-1-2-12(16)10(13)7-17/h1-6H,(H,18,19). The van der Waals surface area contributed by atoms with Crippen LogP contribution in [-0.4, -0.2) is 11.1 Å². The van der Waals surface area contributed by atoms with Gasteiger partial charge in [-0.05, 0) is 30.3 Å². The molecule has 0 saturated heterocycles. The highest BCUT2D eigenvalue weighted by molar-refractivity contribution is 7.99. The van der Waals surface area contributed by atoms with Gasteiger partial charge in [-0.15, -0.1) is 0 Å². The molecule has 0 fully saturated rings. The van der Waals surface area contributed by atoms with Crippen LogP contribution < -0.4 is 0 Å². The number of hydrogen-bond donors (Lipinski definition) is 1. The summed E-state index contributed by atoms with van der Waals surface area (Å²) in [6.07, 6.45) is 0. The maximum atomic E-state index is 13.5. The third-order valence-corrected chi connectivity index (χ3v) is 3.86. The lowest BCUT2D eigenvalue weighted by Crippen LogP contribution is -1.97. The van der Waals surface area contributed by atoms with Crippen molar-refractivity contribution in [3.8, 4) is 6.07 Å². The Morgan fingerprint density at radius 1 is 1.35 bits per heavy atom. The molecule has 0 amide bonds. The van der Waals surface area contributed by atoms with Gasteiger partial charge >= 0.3 is 5.97 Å². The molecule has 0 spiro atoms. The Labute approximate surface area is 123 Å². The summed E-state index contributed by atoms with van der Waals surface area (Å²) in [6, 6.07) is 10.6. The number of carboxylic acid groups (broad SMARTS) is 1. The summed E-state index contributed by atoms with van der Waals surface area (Å²) in [7, 11) is 0. The largest absolute Gasteiger partial charge is 0.478 e. The molecule has 0 unspecified atom stereocenters. The molecule has 0 heterocycles. The molecule has 2 aromatic rings. The molecule has 0 atom stereocenters. The van der Waals surface area contributed by atoms with Crippen LogP contribution in [0.5, 0.6) is 0 Å². The lowest BCUT2D eigenvalue weighted by molar-refractivity contribution is 0.0697. The Morgan fingerprint density at radius 3 is 2.75 bits per heavy atom. The zero-order valence-corrected chi connectivity index (χ0v) is 11.5. The number of carboxylic acids is 1. The SMILES string of the molecule is N#Cc1c(F)cccc1Sc1ccc(Cl)c(C(=O)O)c1. The van der Waals surface area contributed by atoms with Crippen LogP contribution in [0.15, 0.2) is 46.2 Å². The van der Waals surface area contributed by atoms with Crippen molar-refractivity contribution >= 4 is 29.3 Å². The number of nitrogens with zero attached hydrogens (tertiary/aromatic N) is 1. The monoisotopic (exact) mass is 307 g/mol. The number of benzene rings is 2. The highest BCUT2D eigenvalue weighted by atomic mass is 35.5. The molecule has 2 aromatic carbocycles. The van der Waals surface area contributed by atoms with Gasteiger partial charge in [-0.25, -0.2) is 9.18 Å². The van der Waals surface area contributed by atoms with Gasteiger partial charge in [0.1, 0.15) is 17.4 Å². The highest BCUT2D eigenvalue weighted by Gasteiger charge is 2.13. The van der Waals surface area contributed by atoms with Gasteiger partial charge in [0.15, 0.2) is 0 Å². The van der Waals surface area contributed by atoms with E-state index in [2.05, 4.69) is 0 Å². The van der Waals surface area contributed by atoms with Crippen LogP contribution in [0.1, 0.15) is 15.9 Å². The first kappa shape index (κ1) is 14.4. The molecule has 1 N–H and O–H groups in total. The fraction of sp³-hybridized carbons (Fsp3) is 0. The van der Waals surface area contributed by atoms with E-state index in [9.17, 15) is 9.18 Å². The molecular weight excluding hydrogens is 301 g/mol. The molecule has 3 nitrogen and oxygen atoms in total. The van der Waals surface area contributed by atoms with Crippen LogP contribution in [-0.2, 0) is 0 Å². The summed E-state index contributed by atoms with van der Waals surface area (Å²) in [6.45, 7) is 0. The van der Waals surface area contributed by atoms with Gasteiger partial charge in [-0.1, -0.05) is 29.4 Å². The second kappa shape index (κ2) is 5.95. The number of nitriles is 1. The Bertz CT molecular complexity index is 728. The van der Waals surface area contributed by atoms with E-state index < -0.39 is 11.8 Å². The quantitative estimate of drug-likeness (QED) is 0.923. The maximum absolute atomic E-state index is 13.5. The molecule has 6 heteroatoms. The van der Waals surface area contributed by atoms with Crippen LogP contribution in [0.3, 0.4) is 0 Å². The van der Waals surface area contributed by atoms with Gasteiger partial charge in [0, 0.05) is 9.79 Å². The summed E-state index contributed by atoms with van der Waals surface area (Å²) in [4.78, 5) is 12.0. The minimum Gasteiger partial charge on any atom is -0.478 e. The summed E-state index contributed by atoms with van der Waals surface area (Å²) >= 11 is 6.88. The number of carbonyl (C=O) groups is 1. The zero-order chi connectivity index (χ0) is 14.7. The van der Waals surface area contributed by atoms with Crippen molar-refractivity contribution in [3.63, 3.8) is 0 Å². The molecule has 0 aromatic heterocycles. The van der Waals surface area contributed by atoms with Crippen molar-refractivity contribution in [3.05, 3.63) is 58.4 Å². The van der Waals surface area contributed by atoms with Crippen molar-refractivity contribution < 1.29 is 14.3 Å². The molecule has 100 valence electrons. The fourth-order valence-electron chi connectivity index (χ4n) is 1.56. The molecule has 0 aliphatic rings. The predicted molar refractivity (Wildman–Crippen MR) is 73.6 cm³/mol. The number of aromatic carboxylic acids is 1. The van der Waals surface area contributed by atoms with Gasteiger partial charge in [-0.2, -0.15) is 5.26 Å². The molecule has 0 saturated carbocycles. The second-order valence-corrected chi connectivity index (χ2v) is 5.30. The summed E-state index contributed by atoms with van der Waals surface area (Å²) in [5.41, 5.74) is -0.101. The Balaban J connectivity index is 2.41. The average molecular weight is 308 g/mol. The first-order chi connectivity index (χ1) is 9.52. The van der Waals surface area contributed by atoms with Crippen LogP contribution >= 0.6 is 23.4 Å². The molecule has 0 bridgehead atoms. The van der Waals surface area contributed by atoms with Gasteiger partial charge in [0.25, 0.3) is 0 Å². The van der Waals surface area contributed by atoms with Crippen LogP contribution in [0.4, 0.5) is 4.39 Å². The Kier molecular flexibility index (Phi) is 4.28. The minimum absolute atomic E-state index is 0.0356. The normalized spacial score (nSPS) is 10.1. The number of hydrogen-bond acceptors (Lipinski definition) is 3. The number of halogens is 2. The summed E-state index contributed by atoms with van der Waals surface area (Å²) < 4.78 is 13.5. The second-order valence-electron chi connectivity index (χ2n) is 3.77. The van der Waals surface area contributed by atoms with E-state index in [0.29, 0.717) is 9.79 Å². The minimum atomic E-state index is -1.14. The summed E-state index contributed by atoms with van der Waals surface area (Å²) in [5, 5.41) is 18.1. The predicted octanol–water partition coefficient (Wildman–Crippen LogP) is 4.20. The van der Waals surface area contributed by atoms with E-state index in [0.717, 1.165) is 11.8 Å². The molecule has 0 radical (unpaired) electrons. The molecule has 0 aliphatic heterocycles. The van der Waals surface area contributed by atoms with Crippen molar-refractivity contribution in [1.29, 1.82) is 5.26 Å². The number of rotatable bonds is 3. The molecule has 2 rings (SSSR count). The van der Waals surface area contributed by atoms with Crippen molar-refractivity contribution in [2.24, 2.45) is 0 Å². The topological polar surface area (TPSA) is 61.1 Å². The Morgan fingerprint density at radius 2 is 2.10 bits per heavy atom. The molecular formula is C14H7ClFNO2S. The fourth-order valence-corrected chi connectivity index (χ4v) is 2.71. The van der Waals surface area contributed by atoms with Crippen molar-refractivity contribution in [1.82, 2.24) is 0 Å². The van der Waals surface area contributed by atoms with E-state index >= 15 is 0 Å². The first-order valence-corrected chi connectivity index (χ1v) is 6.61. The third kappa shape index (κ3) is 2.93. The third-order valence-electron chi connectivity index (χ3n) is 2.48. The van der Waals surface area contributed by atoms with Crippen molar-refractivity contribution in [2.75, 3.05) is 0 Å². The van der Waals surface area contributed by atoms with Gasteiger partial charge in [0.2, 0.25) is 0 Å². The average Bonchev–Trinajstić information content (AvgIpc) is 2.41. The Hall–Kier alpha value is -2.03. The van der Waals surface area contributed by atoms with Crippen LogP contribution in [0.25, 0.3) is 0 Å². The molecule has 0 aliphatic carbocycles. The van der Waals surface area contributed by atoms with E-state index in [1.807, 2.05) is 0 Å². The van der Waals surface area contributed by atoms with Gasteiger partial charge < -0.3 is 5.11 Å². The van der Waals surface area contributed by atoms with Crippen molar-refractivity contribution in [2.45, 2.75) is 9.79 Å². The lowest BCUT2D eigenvalue weighted by atomic mass is 10.2. The van der Waals surface area contributed by atoms with Crippen LogP contribution in [0.2, 0.25) is 5.02 Å². The molecule has 20 heavy (non-hydrogen) atoms. The van der Waals surface area contributed by atoms with Gasteiger partial charge in [-0.3, -0.25) is 0 Å². The zero-order valence-electron chi connectivity index (χ0n) is 9.93. The van der Waals surface area contributed by atoms with E-state index in [4.69, 9.17) is 22.0 Å². The maximum Gasteiger partial charge on any atom is 0.337 e. The summed E-state index contributed by atoms with van der Waals surface area (Å²) in [5.74, 6) is -1.75. The first-order valence-electron chi connectivity index (χ1n) is 5.42. The van der Waals surface area contributed by atoms with Crippen LogP contribution in [0, 0.1) is 17.1 Å². The van der Waals surface area contributed by atoms with E-state index in [1.165, 1.54) is 24.3 Å². The highest BCUT2D eigenvalue weighted by Crippen LogP contribution is 2.33. The van der Waals surface area contributed by atoms with Gasteiger partial charge in [0.05, 0.1) is 10.6 Å². The van der Waals surface area contributed by atoms with E-state index in [-0.39, 0.29) is 16.1 Å².